The number of amides is 3. The van der Waals surface area contributed by atoms with Crippen molar-refractivity contribution in [2.45, 2.75) is 45.9 Å². The van der Waals surface area contributed by atoms with Crippen LogP contribution in [0, 0.1) is 11.6 Å². The van der Waals surface area contributed by atoms with Gasteiger partial charge < -0.3 is 20.1 Å². The van der Waals surface area contributed by atoms with E-state index in [4.69, 9.17) is 9.47 Å². The topological polar surface area (TPSA) is 106 Å². The Morgan fingerprint density at radius 1 is 0.778 bits per heavy atom. The molecule has 4 rings (SSSR count). The zero-order chi connectivity index (χ0) is 32.6. The Labute approximate surface area is 260 Å². The molecule has 234 valence electrons. The van der Waals surface area contributed by atoms with Gasteiger partial charge in [-0.15, -0.1) is 0 Å². The van der Waals surface area contributed by atoms with Gasteiger partial charge in [-0.2, -0.15) is 0 Å². The second-order valence-electron chi connectivity index (χ2n) is 11.3. The fourth-order valence-corrected chi connectivity index (χ4v) is 4.55. The Balaban J connectivity index is 1.58. The van der Waals surface area contributed by atoms with E-state index >= 15 is 0 Å². The predicted octanol–water partition coefficient (Wildman–Crippen LogP) is 6.78. The number of ether oxygens (including phenoxy) is 2. The highest BCUT2D eigenvalue weighted by molar-refractivity contribution is 5.98. The van der Waals surface area contributed by atoms with Crippen molar-refractivity contribution in [3.63, 3.8) is 0 Å². The second-order valence-corrected chi connectivity index (χ2v) is 11.3. The highest BCUT2D eigenvalue weighted by Gasteiger charge is 2.18. The Morgan fingerprint density at radius 3 is 2.13 bits per heavy atom. The number of carbonyl (C=O) groups is 3. The summed E-state index contributed by atoms with van der Waals surface area (Å²) in [6.45, 7) is 5.29. The summed E-state index contributed by atoms with van der Waals surface area (Å²) >= 11 is 0. The van der Waals surface area contributed by atoms with Crippen LogP contribution in [0.4, 0.5) is 19.3 Å². The molecule has 0 saturated heterocycles. The lowest BCUT2D eigenvalue weighted by Crippen LogP contribution is -2.27. The molecule has 4 aromatic carbocycles. The summed E-state index contributed by atoms with van der Waals surface area (Å²) in [5.74, 6) is -1.51. The van der Waals surface area contributed by atoms with E-state index in [1.54, 1.807) is 52.1 Å². The fraction of sp³-hybridized carbons (Fsp3) is 0.229. The van der Waals surface area contributed by atoms with Crippen molar-refractivity contribution in [1.82, 2.24) is 10.6 Å². The van der Waals surface area contributed by atoms with Crippen LogP contribution in [0.25, 0.3) is 11.1 Å². The third-order valence-corrected chi connectivity index (χ3v) is 6.54. The van der Waals surface area contributed by atoms with Gasteiger partial charge in [0.1, 0.15) is 23.0 Å². The van der Waals surface area contributed by atoms with Gasteiger partial charge in [-0.05, 0) is 91.1 Å². The number of rotatable bonds is 10. The molecule has 0 saturated carbocycles. The van der Waals surface area contributed by atoms with E-state index in [2.05, 4.69) is 16.0 Å². The van der Waals surface area contributed by atoms with Gasteiger partial charge in [0.15, 0.2) is 0 Å². The molecule has 45 heavy (non-hydrogen) atoms. The largest absolute Gasteiger partial charge is 0.497 e. The van der Waals surface area contributed by atoms with Crippen LogP contribution in [0.3, 0.4) is 0 Å². The second kappa shape index (κ2) is 14.5. The summed E-state index contributed by atoms with van der Waals surface area (Å²) in [4.78, 5) is 38.6. The molecule has 0 aliphatic carbocycles. The Morgan fingerprint density at radius 2 is 1.47 bits per heavy atom. The number of methoxy groups -OCH3 is 1. The average molecular weight is 616 g/mol. The van der Waals surface area contributed by atoms with E-state index in [1.165, 1.54) is 6.07 Å². The maximum atomic E-state index is 13.7. The minimum Gasteiger partial charge on any atom is -0.497 e. The number of anilines is 1. The zero-order valence-electron chi connectivity index (χ0n) is 25.5. The summed E-state index contributed by atoms with van der Waals surface area (Å²) < 4.78 is 37.9. The first-order valence-corrected chi connectivity index (χ1v) is 14.2. The number of benzene rings is 4. The zero-order valence-corrected chi connectivity index (χ0v) is 25.5. The molecule has 10 heteroatoms. The minimum absolute atomic E-state index is 0.122. The van der Waals surface area contributed by atoms with Crippen molar-refractivity contribution < 1.29 is 32.6 Å². The monoisotopic (exact) mass is 615 g/mol. The molecule has 0 heterocycles. The summed E-state index contributed by atoms with van der Waals surface area (Å²) in [7, 11) is 1.58. The van der Waals surface area contributed by atoms with Gasteiger partial charge >= 0.3 is 6.09 Å². The number of hydrogen-bond acceptors (Lipinski definition) is 5. The molecular formula is C35H35F2N3O5. The fourth-order valence-electron chi connectivity index (χ4n) is 4.55. The molecule has 0 atom stereocenters. The molecule has 0 aliphatic heterocycles. The van der Waals surface area contributed by atoms with Crippen molar-refractivity contribution in [2.24, 2.45) is 0 Å². The Bertz CT molecular complexity index is 1660. The van der Waals surface area contributed by atoms with Crippen LogP contribution in [0.1, 0.15) is 47.8 Å². The van der Waals surface area contributed by atoms with Crippen LogP contribution in [0.15, 0.2) is 84.9 Å². The summed E-state index contributed by atoms with van der Waals surface area (Å²) in [5.41, 5.74) is 2.90. The van der Waals surface area contributed by atoms with Gasteiger partial charge in [0.25, 0.3) is 5.91 Å². The standard InChI is InChI=1S/C35H35F2N3O5/c1-35(2,3)45-34(43)40-29-17-25(16-26(18-29)33(42)39-20-23-13-27(36)19-28(37)14-23)31-8-6-5-7-24(31)21-38-32(41)15-22-9-11-30(44-4)12-10-22/h5-14,16-19H,15,20-21H2,1-4H3,(H,38,41)(H,39,42)(H,40,43). The smallest absolute Gasteiger partial charge is 0.412 e. The van der Waals surface area contributed by atoms with Crippen LogP contribution < -0.4 is 20.7 Å². The van der Waals surface area contributed by atoms with Crippen molar-refractivity contribution in [2.75, 3.05) is 12.4 Å². The van der Waals surface area contributed by atoms with E-state index in [0.717, 1.165) is 34.9 Å². The van der Waals surface area contributed by atoms with Gasteiger partial charge in [-0.3, -0.25) is 14.9 Å². The summed E-state index contributed by atoms with van der Waals surface area (Å²) in [6.07, 6.45) is -0.526. The molecule has 3 amide bonds. The molecule has 0 aromatic heterocycles. The van der Waals surface area contributed by atoms with Crippen LogP contribution in [0.2, 0.25) is 0 Å². The van der Waals surface area contributed by atoms with E-state index in [0.29, 0.717) is 17.0 Å². The first-order chi connectivity index (χ1) is 21.4. The third-order valence-electron chi connectivity index (χ3n) is 6.54. The van der Waals surface area contributed by atoms with E-state index in [1.807, 2.05) is 36.4 Å². The molecule has 0 radical (unpaired) electrons. The third kappa shape index (κ3) is 9.89. The summed E-state index contributed by atoms with van der Waals surface area (Å²) in [5, 5.41) is 8.29. The molecule has 0 bridgehead atoms. The molecule has 0 unspecified atom stereocenters. The van der Waals surface area contributed by atoms with Crippen molar-refractivity contribution in [3.8, 4) is 16.9 Å². The van der Waals surface area contributed by atoms with Crippen molar-refractivity contribution >= 4 is 23.6 Å². The van der Waals surface area contributed by atoms with Gasteiger partial charge in [-0.25, -0.2) is 13.6 Å². The van der Waals surface area contributed by atoms with Crippen molar-refractivity contribution in [3.05, 3.63) is 119 Å². The molecule has 8 nitrogen and oxygen atoms in total. The van der Waals surface area contributed by atoms with Crippen LogP contribution in [-0.2, 0) is 29.0 Å². The first-order valence-electron chi connectivity index (χ1n) is 14.2. The number of hydrogen-bond donors (Lipinski definition) is 3. The SMILES string of the molecule is COc1ccc(CC(=O)NCc2ccccc2-c2cc(NC(=O)OC(C)(C)C)cc(C(=O)NCc3cc(F)cc(F)c3)c2)cc1. The van der Waals surface area contributed by atoms with Crippen molar-refractivity contribution in [1.29, 1.82) is 0 Å². The van der Waals surface area contributed by atoms with Crippen LogP contribution in [-0.4, -0.2) is 30.6 Å². The lowest BCUT2D eigenvalue weighted by Gasteiger charge is -2.20. The van der Waals surface area contributed by atoms with E-state index < -0.39 is 29.2 Å². The van der Waals surface area contributed by atoms with Gasteiger partial charge in [0.2, 0.25) is 5.91 Å². The molecule has 3 N–H and O–H groups in total. The van der Waals surface area contributed by atoms with Gasteiger partial charge in [0, 0.05) is 30.4 Å². The molecule has 0 aliphatic rings. The average Bonchev–Trinajstić information content (AvgIpc) is 2.97. The lowest BCUT2D eigenvalue weighted by atomic mass is 9.97. The lowest BCUT2D eigenvalue weighted by molar-refractivity contribution is -0.120. The quantitative estimate of drug-likeness (QED) is 0.183. The molecule has 4 aromatic rings. The van der Waals surface area contributed by atoms with E-state index in [-0.39, 0.29) is 36.5 Å². The number of carbonyl (C=O) groups excluding carboxylic acids is 3. The predicted molar refractivity (Wildman–Crippen MR) is 168 cm³/mol. The highest BCUT2D eigenvalue weighted by atomic mass is 19.1. The first kappa shape index (κ1) is 32.7. The maximum Gasteiger partial charge on any atom is 0.412 e. The minimum atomic E-state index is -0.752. The highest BCUT2D eigenvalue weighted by Crippen LogP contribution is 2.29. The Kier molecular flexibility index (Phi) is 10.5. The number of nitrogens with one attached hydrogen (secondary N) is 3. The van der Waals surface area contributed by atoms with Crippen LogP contribution >= 0.6 is 0 Å². The van der Waals surface area contributed by atoms with Gasteiger partial charge in [-0.1, -0.05) is 36.4 Å². The van der Waals surface area contributed by atoms with E-state index in [9.17, 15) is 23.2 Å². The Hall–Kier alpha value is -5.25. The summed E-state index contributed by atoms with van der Waals surface area (Å²) in [6, 6.07) is 22.4. The normalized spacial score (nSPS) is 11.0. The van der Waals surface area contributed by atoms with Crippen LogP contribution in [0.5, 0.6) is 5.75 Å². The number of halogens is 2. The molecule has 0 fully saturated rings. The molecule has 0 spiro atoms. The maximum absolute atomic E-state index is 13.7. The van der Waals surface area contributed by atoms with Gasteiger partial charge in [0.05, 0.1) is 13.5 Å². The molecular weight excluding hydrogens is 580 g/mol.